The van der Waals surface area contributed by atoms with E-state index in [-0.39, 0.29) is 5.82 Å². The maximum absolute atomic E-state index is 11.2. The van der Waals surface area contributed by atoms with Crippen LogP contribution in [0.4, 0.5) is 10.6 Å². The molecule has 0 aliphatic heterocycles. The number of nitrogens with zero attached hydrogens (tertiary/aromatic N) is 6. The fourth-order valence-electron chi connectivity index (χ4n) is 2.98. The fraction of sp³-hybridized carbons (Fsp3) is 0.500. The number of aromatic nitrogens is 4. The molecule has 1 aliphatic rings. The maximum Gasteiger partial charge on any atom is 0.423 e. The highest BCUT2D eigenvalue weighted by atomic mass is 16.4. The van der Waals surface area contributed by atoms with Crippen molar-refractivity contribution < 1.29 is 9.90 Å². The lowest BCUT2D eigenvalue weighted by molar-refractivity contribution is 0.192. The summed E-state index contributed by atoms with van der Waals surface area (Å²) in [5, 5.41) is 19.7. The summed E-state index contributed by atoms with van der Waals surface area (Å²) in [5.41, 5.74) is 3.34. The van der Waals surface area contributed by atoms with Gasteiger partial charge < -0.3 is 9.67 Å². The number of hydrogen-bond acceptors (Lipinski definition) is 6. The summed E-state index contributed by atoms with van der Waals surface area (Å²) in [6.45, 7) is 0.500. The van der Waals surface area contributed by atoms with E-state index < -0.39 is 6.09 Å². The zero-order valence-electron chi connectivity index (χ0n) is 12.7. The van der Waals surface area contributed by atoms with Crippen molar-refractivity contribution in [3.63, 3.8) is 0 Å². The Morgan fingerprint density at radius 1 is 1.52 bits per heavy atom. The van der Waals surface area contributed by atoms with E-state index in [2.05, 4.69) is 20.4 Å². The first-order valence-electron chi connectivity index (χ1n) is 7.44. The van der Waals surface area contributed by atoms with Crippen LogP contribution in [0.3, 0.4) is 0 Å². The molecule has 2 N–H and O–H groups in total. The summed E-state index contributed by atoms with van der Waals surface area (Å²) in [5.74, 6) is 0.697. The molecule has 9 nitrogen and oxygen atoms in total. The van der Waals surface area contributed by atoms with Gasteiger partial charge in [0, 0.05) is 13.6 Å². The molecule has 23 heavy (non-hydrogen) atoms. The van der Waals surface area contributed by atoms with E-state index in [0.29, 0.717) is 29.4 Å². The van der Waals surface area contributed by atoms with Crippen LogP contribution in [0.1, 0.15) is 31.5 Å². The Kier molecular flexibility index (Phi) is 3.97. The summed E-state index contributed by atoms with van der Waals surface area (Å²) >= 11 is 0. The van der Waals surface area contributed by atoms with Gasteiger partial charge in [0.25, 0.3) is 0 Å². The number of rotatable bonds is 4. The minimum Gasteiger partial charge on any atom is -0.464 e. The predicted octanol–water partition coefficient (Wildman–Crippen LogP) is 1.41. The van der Waals surface area contributed by atoms with E-state index in [1.807, 2.05) is 6.07 Å². The van der Waals surface area contributed by atoms with Crippen LogP contribution in [0.5, 0.6) is 0 Å². The second-order valence-corrected chi connectivity index (χ2v) is 5.69. The van der Waals surface area contributed by atoms with Crippen LogP contribution in [-0.4, -0.2) is 37.3 Å². The molecule has 9 heteroatoms. The SMILES string of the molecule is Cn1cnc2c(N(CC3CCCC3)NC(=O)O)nc(C#N)nc21. The van der Waals surface area contributed by atoms with Crippen LogP contribution >= 0.6 is 0 Å². The van der Waals surface area contributed by atoms with Gasteiger partial charge in [0.15, 0.2) is 17.0 Å². The van der Waals surface area contributed by atoms with Gasteiger partial charge in [-0.2, -0.15) is 15.2 Å². The van der Waals surface area contributed by atoms with Gasteiger partial charge in [0.1, 0.15) is 6.07 Å². The number of anilines is 1. The lowest BCUT2D eigenvalue weighted by Gasteiger charge is -2.25. The molecule has 2 aromatic heterocycles. The van der Waals surface area contributed by atoms with Gasteiger partial charge in [0.2, 0.25) is 5.82 Å². The number of aryl methyl sites for hydroxylation is 1. The molecule has 1 fully saturated rings. The first-order valence-corrected chi connectivity index (χ1v) is 7.44. The van der Waals surface area contributed by atoms with Crippen molar-refractivity contribution in [2.75, 3.05) is 11.6 Å². The lowest BCUT2D eigenvalue weighted by atomic mass is 10.1. The first kappa shape index (κ1) is 15.0. The Hall–Kier alpha value is -2.89. The van der Waals surface area contributed by atoms with Gasteiger partial charge in [0.05, 0.1) is 6.33 Å². The van der Waals surface area contributed by atoms with E-state index in [1.54, 1.807) is 17.9 Å². The summed E-state index contributed by atoms with van der Waals surface area (Å²) in [6, 6.07) is 1.91. The molecule has 1 aliphatic carbocycles. The van der Waals surface area contributed by atoms with Gasteiger partial charge in [-0.3, -0.25) is 5.01 Å². The minimum atomic E-state index is -1.18. The van der Waals surface area contributed by atoms with Gasteiger partial charge in [-0.1, -0.05) is 12.8 Å². The summed E-state index contributed by atoms with van der Waals surface area (Å²) in [4.78, 5) is 23.7. The van der Waals surface area contributed by atoms with Crippen molar-refractivity contribution in [1.82, 2.24) is 24.9 Å². The number of imidazole rings is 1. The van der Waals surface area contributed by atoms with Crippen molar-refractivity contribution >= 4 is 23.1 Å². The smallest absolute Gasteiger partial charge is 0.423 e. The Bertz CT molecular complexity index is 773. The van der Waals surface area contributed by atoms with Gasteiger partial charge in [-0.05, 0) is 18.8 Å². The van der Waals surface area contributed by atoms with Crippen LogP contribution in [0.15, 0.2) is 6.33 Å². The van der Waals surface area contributed by atoms with Crippen molar-refractivity contribution in [2.24, 2.45) is 13.0 Å². The highest BCUT2D eigenvalue weighted by molar-refractivity contribution is 5.85. The van der Waals surface area contributed by atoms with Crippen LogP contribution in [0, 0.1) is 17.2 Å². The number of hydrogen-bond donors (Lipinski definition) is 2. The zero-order valence-corrected chi connectivity index (χ0v) is 12.7. The minimum absolute atomic E-state index is 0.0142. The van der Waals surface area contributed by atoms with E-state index in [4.69, 9.17) is 10.4 Å². The van der Waals surface area contributed by atoms with E-state index >= 15 is 0 Å². The van der Waals surface area contributed by atoms with E-state index in [9.17, 15) is 4.79 Å². The number of fused-ring (bicyclic) bond motifs is 1. The largest absolute Gasteiger partial charge is 0.464 e. The second-order valence-electron chi connectivity index (χ2n) is 5.69. The van der Waals surface area contributed by atoms with Gasteiger partial charge in [-0.25, -0.2) is 15.2 Å². The topological polar surface area (TPSA) is 120 Å². The number of amides is 1. The highest BCUT2D eigenvalue weighted by Crippen LogP contribution is 2.28. The highest BCUT2D eigenvalue weighted by Gasteiger charge is 2.24. The zero-order chi connectivity index (χ0) is 16.4. The molecule has 2 heterocycles. The third-order valence-electron chi connectivity index (χ3n) is 4.04. The monoisotopic (exact) mass is 315 g/mol. The molecule has 0 saturated heterocycles. The summed E-state index contributed by atoms with van der Waals surface area (Å²) < 4.78 is 1.68. The van der Waals surface area contributed by atoms with Crippen LogP contribution in [-0.2, 0) is 7.05 Å². The number of carbonyl (C=O) groups is 1. The van der Waals surface area contributed by atoms with E-state index in [1.165, 1.54) is 5.01 Å². The predicted molar refractivity (Wildman–Crippen MR) is 81.5 cm³/mol. The van der Waals surface area contributed by atoms with Gasteiger partial charge in [-0.15, -0.1) is 0 Å². The fourth-order valence-corrected chi connectivity index (χ4v) is 2.98. The first-order chi connectivity index (χ1) is 11.1. The van der Waals surface area contributed by atoms with E-state index in [0.717, 1.165) is 25.7 Å². The molecule has 0 radical (unpaired) electrons. The van der Waals surface area contributed by atoms with Crippen LogP contribution < -0.4 is 10.4 Å². The molecule has 0 aromatic carbocycles. The molecule has 1 saturated carbocycles. The average molecular weight is 315 g/mol. The number of hydrazine groups is 1. The van der Waals surface area contributed by atoms with Crippen molar-refractivity contribution in [1.29, 1.82) is 5.26 Å². The van der Waals surface area contributed by atoms with Gasteiger partial charge >= 0.3 is 6.09 Å². The standard InChI is InChI=1S/C14H17N7O2/c1-20-8-16-11-12(20)17-10(6-15)18-13(11)21(19-14(22)23)7-9-4-2-3-5-9/h8-9,19H,2-5,7H2,1H3,(H,22,23). The molecule has 1 amide bonds. The second kappa shape index (κ2) is 6.08. The molecule has 0 spiro atoms. The lowest BCUT2D eigenvalue weighted by Crippen LogP contribution is -2.45. The van der Waals surface area contributed by atoms with Crippen molar-refractivity contribution in [3.05, 3.63) is 12.2 Å². The van der Waals surface area contributed by atoms with Crippen LogP contribution in [0.2, 0.25) is 0 Å². The average Bonchev–Trinajstić information content (AvgIpc) is 3.16. The van der Waals surface area contributed by atoms with Crippen LogP contribution in [0.25, 0.3) is 11.2 Å². The number of nitrogens with one attached hydrogen (secondary N) is 1. The summed E-state index contributed by atoms with van der Waals surface area (Å²) in [7, 11) is 1.76. The van der Waals surface area contributed by atoms with Crippen molar-refractivity contribution in [3.8, 4) is 6.07 Å². The quantitative estimate of drug-likeness (QED) is 0.818. The molecule has 120 valence electrons. The van der Waals surface area contributed by atoms with Crippen molar-refractivity contribution in [2.45, 2.75) is 25.7 Å². The third kappa shape index (κ3) is 3.01. The molecular weight excluding hydrogens is 298 g/mol. The Morgan fingerprint density at radius 3 is 2.91 bits per heavy atom. The Balaban J connectivity index is 2.04. The molecular formula is C14H17N7O2. The summed E-state index contributed by atoms with van der Waals surface area (Å²) in [6.07, 6.45) is 4.80. The Morgan fingerprint density at radius 2 is 2.26 bits per heavy atom. The molecule has 2 aromatic rings. The third-order valence-corrected chi connectivity index (χ3v) is 4.04. The normalized spacial score (nSPS) is 14.8. The molecule has 0 bridgehead atoms. The number of carboxylic acid groups (broad SMARTS) is 1. The maximum atomic E-state index is 11.2. The molecule has 0 atom stereocenters. The number of nitriles is 1. The molecule has 0 unspecified atom stereocenters. The molecule has 3 rings (SSSR count). The Labute approximate surface area is 132 Å².